The molecule has 0 aromatic heterocycles. The van der Waals surface area contributed by atoms with E-state index < -0.39 is 0 Å². The number of halogens is 2. The van der Waals surface area contributed by atoms with Crippen LogP contribution < -0.4 is 14.8 Å². The minimum absolute atomic E-state index is 0. The zero-order valence-corrected chi connectivity index (χ0v) is 20.1. The van der Waals surface area contributed by atoms with E-state index in [0.29, 0.717) is 23.5 Å². The normalized spacial score (nSPS) is 22.1. The van der Waals surface area contributed by atoms with Crippen LogP contribution in [-0.2, 0) is 11.3 Å². The first kappa shape index (κ1) is 22.5. The molecule has 0 amide bonds. The number of hydrogen-bond acceptors (Lipinski definition) is 4. The summed E-state index contributed by atoms with van der Waals surface area (Å²) in [5.41, 5.74) is 1.39. The largest absolute Gasteiger partial charge is 0.493 e. The zero-order chi connectivity index (χ0) is 18.6. The van der Waals surface area contributed by atoms with E-state index in [4.69, 9.17) is 19.2 Å². The van der Waals surface area contributed by atoms with Crippen LogP contribution in [0.4, 0.5) is 0 Å². The molecule has 27 heavy (non-hydrogen) atoms. The van der Waals surface area contributed by atoms with Gasteiger partial charge in [0.2, 0.25) is 0 Å². The first-order valence-electron chi connectivity index (χ1n) is 9.12. The van der Waals surface area contributed by atoms with E-state index in [1.54, 1.807) is 14.2 Å². The quantitative estimate of drug-likeness (QED) is 0.342. The van der Waals surface area contributed by atoms with Gasteiger partial charge in [0.15, 0.2) is 17.5 Å². The summed E-state index contributed by atoms with van der Waals surface area (Å²) in [6.07, 6.45) is 2.33. The van der Waals surface area contributed by atoms with Crippen molar-refractivity contribution in [3.05, 3.63) is 22.2 Å². The van der Waals surface area contributed by atoms with Gasteiger partial charge >= 0.3 is 0 Å². The summed E-state index contributed by atoms with van der Waals surface area (Å²) in [5.74, 6) is 2.40. The molecule has 1 aromatic carbocycles. The SMILES string of the molecule is CCNC(=NCc1cc(OC)c(OC)cc1Br)N1CCC2(CCOC2)C1.I. The van der Waals surface area contributed by atoms with Crippen molar-refractivity contribution in [3.63, 3.8) is 0 Å². The second-order valence-electron chi connectivity index (χ2n) is 6.94. The van der Waals surface area contributed by atoms with Crippen LogP contribution in [0.15, 0.2) is 21.6 Å². The van der Waals surface area contributed by atoms with E-state index in [9.17, 15) is 0 Å². The molecule has 0 radical (unpaired) electrons. The van der Waals surface area contributed by atoms with Crippen molar-refractivity contribution >= 4 is 45.9 Å². The van der Waals surface area contributed by atoms with Crippen molar-refractivity contribution in [2.75, 3.05) is 47.1 Å². The molecule has 0 bridgehead atoms. The fraction of sp³-hybridized carbons (Fsp3) is 0.632. The van der Waals surface area contributed by atoms with Crippen molar-refractivity contribution in [1.82, 2.24) is 10.2 Å². The maximum absolute atomic E-state index is 5.64. The second kappa shape index (κ2) is 10.2. The molecule has 2 heterocycles. The van der Waals surface area contributed by atoms with Crippen LogP contribution in [-0.4, -0.2) is 57.9 Å². The average molecular weight is 554 g/mol. The molecule has 1 N–H and O–H groups in total. The molecule has 1 unspecified atom stereocenters. The Bertz CT molecular complexity index is 666. The van der Waals surface area contributed by atoms with Crippen LogP contribution in [0.2, 0.25) is 0 Å². The molecule has 1 atom stereocenters. The smallest absolute Gasteiger partial charge is 0.194 e. The fourth-order valence-electron chi connectivity index (χ4n) is 3.69. The van der Waals surface area contributed by atoms with E-state index in [1.807, 2.05) is 12.1 Å². The molecule has 2 saturated heterocycles. The Hall–Kier alpha value is -0.740. The Morgan fingerprint density at radius 3 is 2.67 bits per heavy atom. The lowest BCUT2D eigenvalue weighted by Gasteiger charge is -2.25. The molecule has 6 nitrogen and oxygen atoms in total. The lowest BCUT2D eigenvalue weighted by atomic mass is 9.87. The summed E-state index contributed by atoms with van der Waals surface area (Å²) >= 11 is 3.62. The van der Waals surface area contributed by atoms with E-state index >= 15 is 0 Å². The zero-order valence-electron chi connectivity index (χ0n) is 16.2. The number of benzene rings is 1. The Morgan fingerprint density at radius 1 is 1.30 bits per heavy atom. The minimum atomic E-state index is 0. The van der Waals surface area contributed by atoms with Gasteiger partial charge in [-0.05, 0) is 37.5 Å². The van der Waals surface area contributed by atoms with Gasteiger partial charge in [-0.15, -0.1) is 24.0 Å². The maximum atomic E-state index is 5.64. The van der Waals surface area contributed by atoms with Crippen LogP contribution in [0.3, 0.4) is 0 Å². The van der Waals surface area contributed by atoms with Gasteiger partial charge in [0.1, 0.15) is 0 Å². The molecule has 3 rings (SSSR count). The van der Waals surface area contributed by atoms with Crippen molar-refractivity contribution < 1.29 is 14.2 Å². The highest BCUT2D eigenvalue weighted by Crippen LogP contribution is 2.38. The molecular weight excluding hydrogens is 525 g/mol. The average Bonchev–Trinajstić information content (AvgIpc) is 3.29. The molecule has 0 saturated carbocycles. The standard InChI is InChI=1S/C19H28BrN3O3.HI/c1-4-21-18(23-7-5-19(12-23)6-8-26-13-19)22-11-14-9-16(24-2)17(25-3)10-15(14)20;/h9-10H,4-8,11-13H2,1-3H3,(H,21,22);1H. The highest BCUT2D eigenvalue weighted by atomic mass is 127. The van der Waals surface area contributed by atoms with Crippen LogP contribution in [0, 0.1) is 5.41 Å². The Balaban J connectivity index is 0.00000261. The topological polar surface area (TPSA) is 55.3 Å². The Morgan fingerprint density at radius 2 is 2.04 bits per heavy atom. The number of likely N-dealkylation sites (tertiary alicyclic amines) is 1. The minimum Gasteiger partial charge on any atom is -0.493 e. The molecule has 0 aliphatic carbocycles. The van der Waals surface area contributed by atoms with Crippen molar-refractivity contribution in [3.8, 4) is 11.5 Å². The Labute approximate surface area is 187 Å². The van der Waals surface area contributed by atoms with E-state index in [2.05, 4.69) is 33.1 Å². The van der Waals surface area contributed by atoms with Gasteiger partial charge in [-0.2, -0.15) is 0 Å². The number of methoxy groups -OCH3 is 2. The number of nitrogens with zero attached hydrogens (tertiary/aromatic N) is 2. The molecule has 2 aliphatic rings. The van der Waals surface area contributed by atoms with Gasteiger partial charge < -0.3 is 24.4 Å². The monoisotopic (exact) mass is 553 g/mol. The second-order valence-corrected chi connectivity index (χ2v) is 7.80. The van der Waals surface area contributed by atoms with E-state index in [0.717, 1.165) is 55.3 Å². The summed E-state index contributed by atoms with van der Waals surface area (Å²) in [5, 5.41) is 3.44. The van der Waals surface area contributed by atoms with Gasteiger partial charge in [-0.25, -0.2) is 4.99 Å². The van der Waals surface area contributed by atoms with Crippen molar-refractivity contribution in [2.45, 2.75) is 26.3 Å². The summed E-state index contributed by atoms with van der Waals surface area (Å²) < 4.78 is 17.4. The first-order valence-corrected chi connectivity index (χ1v) is 9.91. The molecule has 152 valence electrons. The van der Waals surface area contributed by atoms with Crippen LogP contribution in [0.1, 0.15) is 25.3 Å². The van der Waals surface area contributed by atoms with Gasteiger partial charge in [0, 0.05) is 36.1 Å². The van der Waals surface area contributed by atoms with Crippen molar-refractivity contribution in [2.24, 2.45) is 10.4 Å². The highest BCUT2D eigenvalue weighted by molar-refractivity contribution is 14.0. The number of rotatable bonds is 5. The van der Waals surface area contributed by atoms with Crippen LogP contribution in [0.5, 0.6) is 11.5 Å². The summed E-state index contributed by atoms with van der Waals surface area (Å²) in [6.45, 7) is 7.35. The third kappa shape index (κ3) is 5.20. The molecule has 1 aromatic rings. The summed E-state index contributed by atoms with van der Waals surface area (Å²) in [4.78, 5) is 7.24. The Kier molecular flexibility index (Phi) is 8.48. The predicted molar refractivity (Wildman–Crippen MR) is 122 cm³/mol. The van der Waals surface area contributed by atoms with E-state index in [-0.39, 0.29) is 24.0 Å². The lowest BCUT2D eigenvalue weighted by molar-refractivity contribution is 0.156. The molecule has 1 spiro atoms. The van der Waals surface area contributed by atoms with E-state index in [1.165, 1.54) is 6.42 Å². The van der Waals surface area contributed by atoms with Crippen LogP contribution in [0.25, 0.3) is 0 Å². The fourth-order valence-corrected chi connectivity index (χ4v) is 4.14. The third-order valence-corrected chi connectivity index (χ3v) is 5.95. The molecular formula is C19H29BrIN3O3. The molecule has 2 aliphatic heterocycles. The number of hydrogen-bond donors (Lipinski definition) is 1. The summed E-state index contributed by atoms with van der Waals surface area (Å²) in [7, 11) is 3.29. The third-order valence-electron chi connectivity index (χ3n) is 5.21. The van der Waals surface area contributed by atoms with Gasteiger partial charge in [0.25, 0.3) is 0 Å². The van der Waals surface area contributed by atoms with Crippen LogP contribution >= 0.6 is 39.9 Å². The van der Waals surface area contributed by atoms with Gasteiger partial charge in [0.05, 0.1) is 27.4 Å². The predicted octanol–water partition coefficient (Wildman–Crippen LogP) is 3.66. The van der Waals surface area contributed by atoms with Gasteiger partial charge in [-0.3, -0.25) is 0 Å². The number of ether oxygens (including phenoxy) is 3. The number of aliphatic imine (C=N–C) groups is 1. The van der Waals surface area contributed by atoms with Gasteiger partial charge in [-0.1, -0.05) is 15.9 Å². The lowest BCUT2D eigenvalue weighted by Crippen LogP contribution is -2.41. The molecule has 8 heteroatoms. The molecule has 2 fully saturated rings. The van der Waals surface area contributed by atoms with Crippen molar-refractivity contribution in [1.29, 1.82) is 0 Å². The summed E-state index contributed by atoms with van der Waals surface area (Å²) in [6, 6.07) is 3.91. The number of guanidine groups is 1. The first-order chi connectivity index (χ1) is 12.6. The number of nitrogens with one attached hydrogen (secondary N) is 1. The maximum Gasteiger partial charge on any atom is 0.194 e. The highest BCUT2D eigenvalue weighted by Gasteiger charge is 2.42.